The minimum Gasteiger partial charge on any atom is -0.382 e. The summed E-state index contributed by atoms with van der Waals surface area (Å²) in [6.07, 6.45) is 2.23. The molecule has 140 valence electrons. The number of nitrogens with zero attached hydrogens (tertiary/aromatic N) is 4. The van der Waals surface area contributed by atoms with Crippen molar-refractivity contribution in [3.8, 4) is 0 Å². The first-order chi connectivity index (χ1) is 12.6. The smallest absolute Gasteiger partial charge is 0.152 e. The molecule has 2 aromatic heterocycles. The third-order valence-electron chi connectivity index (χ3n) is 4.25. The van der Waals surface area contributed by atoms with Crippen molar-refractivity contribution >= 4 is 39.7 Å². The number of aromatic nitrogens is 3. The maximum Gasteiger partial charge on any atom is 0.152 e. The zero-order valence-corrected chi connectivity index (χ0v) is 16.6. The van der Waals surface area contributed by atoms with Crippen LogP contribution in [0.25, 0.3) is 21.9 Å². The predicted molar refractivity (Wildman–Crippen MR) is 110 cm³/mol. The molecule has 0 bridgehead atoms. The molecule has 0 radical (unpaired) electrons. The van der Waals surface area contributed by atoms with E-state index in [1.165, 1.54) is 0 Å². The van der Waals surface area contributed by atoms with Crippen molar-refractivity contribution in [2.24, 2.45) is 0 Å². The van der Waals surface area contributed by atoms with Gasteiger partial charge in [-0.1, -0.05) is 30.1 Å². The Bertz CT molecular complexity index is 877. The Hall–Kier alpha value is -1.83. The van der Waals surface area contributed by atoms with Gasteiger partial charge < -0.3 is 15.0 Å². The molecule has 7 heteroatoms. The summed E-state index contributed by atoms with van der Waals surface area (Å²) in [6, 6.07) is 8.11. The molecule has 0 aliphatic rings. The SMILES string of the molecule is CCOCc1nc2c(N)nc3ccccc3c2n1CCCCSN(C)C. The van der Waals surface area contributed by atoms with E-state index in [0.717, 1.165) is 52.9 Å². The molecular formula is C19H27N5OS. The summed E-state index contributed by atoms with van der Waals surface area (Å²) in [5.41, 5.74) is 8.96. The Morgan fingerprint density at radius 2 is 2.00 bits per heavy atom. The summed E-state index contributed by atoms with van der Waals surface area (Å²) in [5, 5.41) is 1.09. The van der Waals surface area contributed by atoms with Gasteiger partial charge in [0, 0.05) is 24.3 Å². The highest BCUT2D eigenvalue weighted by Crippen LogP contribution is 2.29. The highest BCUT2D eigenvalue weighted by atomic mass is 32.2. The largest absolute Gasteiger partial charge is 0.382 e. The third kappa shape index (κ3) is 4.11. The Kier molecular flexibility index (Phi) is 6.34. The molecule has 0 spiro atoms. The normalized spacial score (nSPS) is 11.8. The molecule has 3 rings (SSSR count). The highest BCUT2D eigenvalue weighted by molar-refractivity contribution is 7.96. The molecule has 0 aliphatic heterocycles. The number of nitrogen functional groups attached to an aromatic ring is 1. The molecule has 0 aliphatic carbocycles. The van der Waals surface area contributed by atoms with E-state index in [0.29, 0.717) is 19.0 Å². The van der Waals surface area contributed by atoms with Crippen LogP contribution < -0.4 is 5.73 Å². The fourth-order valence-corrected chi connectivity index (χ4v) is 3.77. The lowest BCUT2D eigenvalue weighted by atomic mass is 10.2. The van der Waals surface area contributed by atoms with E-state index in [1.54, 1.807) is 0 Å². The van der Waals surface area contributed by atoms with Crippen molar-refractivity contribution in [2.75, 3.05) is 32.2 Å². The lowest BCUT2D eigenvalue weighted by Crippen LogP contribution is -2.07. The Morgan fingerprint density at radius 1 is 1.19 bits per heavy atom. The first-order valence-electron chi connectivity index (χ1n) is 9.03. The van der Waals surface area contributed by atoms with Crippen molar-refractivity contribution in [3.05, 3.63) is 30.1 Å². The number of hydrogen-bond acceptors (Lipinski definition) is 6. The standard InChI is InChI=1S/C19H27N5OS/c1-4-25-13-16-22-17-18(24(16)11-7-8-12-26-23(2)3)14-9-5-6-10-15(14)21-19(17)20/h5-6,9-10H,4,7-8,11-13H2,1-3H3,(H2,20,21). The summed E-state index contributed by atoms with van der Waals surface area (Å²) in [7, 11) is 4.16. The number of nitrogens with two attached hydrogens (primary N) is 1. The number of pyridine rings is 1. The number of unbranched alkanes of at least 4 members (excludes halogenated alkanes) is 1. The van der Waals surface area contributed by atoms with Gasteiger partial charge >= 0.3 is 0 Å². The van der Waals surface area contributed by atoms with E-state index in [2.05, 4.69) is 34.0 Å². The van der Waals surface area contributed by atoms with E-state index in [4.69, 9.17) is 15.5 Å². The first-order valence-corrected chi connectivity index (χ1v) is 9.97. The topological polar surface area (TPSA) is 69.2 Å². The van der Waals surface area contributed by atoms with Crippen LogP contribution in [0.2, 0.25) is 0 Å². The van der Waals surface area contributed by atoms with E-state index in [9.17, 15) is 0 Å². The van der Waals surface area contributed by atoms with Gasteiger partial charge in [0.15, 0.2) is 5.82 Å². The van der Waals surface area contributed by atoms with Crippen LogP contribution in [0.5, 0.6) is 0 Å². The third-order valence-corrected chi connectivity index (χ3v) is 5.24. The summed E-state index contributed by atoms with van der Waals surface area (Å²) < 4.78 is 10.1. The van der Waals surface area contributed by atoms with Gasteiger partial charge in [-0.25, -0.2) is 9.97 Å². The van der Waals surface area contributed by atoms with Crippen molar-refractivity contribution in [1.82, 2.24) is 18.8 Å². The minimum atomic E-state index is 0.485. The first kappa shape index (κ1) is 18.9. The molecule has 0 fully saturated rings. The van der Waals surface area contributed by atoms with Crippen molar-refractivity contribution in [3.63, 3.8) is 0 Å². The van der Waals surface area contributed by atoms with Gasteiger partial charge in [0.05, 0.1) is 11.0 Å². The number of ether oxygens (including phenoxy) is 1. The summed E-state index contributed by atoms with van der Waals surface area (Å²) in [6.45, 7) is 4.06. The summed E-state index contributed by atoms with van der Waals surface area (Å²) >= 11 is 1.85. The highest BCUT2D eigenvalue weighted by Gasteiger charge is 2.17. The fourth-order valence-electron chi connectivity index (χ4n) is 3.07. The Morgan fingerprint density at radius 3 is 2.77 bits per heavy atom. The van der Waals surface area contributed by atoms with Gasteiger partial charge in [-0.2, -0.15) is 0 Å². The number of aryl methyl sites for hydroxylation is 1. The average Bonchev–Trinajstić information content (AvgIpc) is 2.99. The predicted octanol–water partition coefficient (Wildman–Crippen LogP) is 3.69. The lowest BCUT2D eigenvalue weighted by Gasteiger charge is -2.12. The summed E-state index contributed by atoms with van der Waals surface area (Å²) in [4.78, 5) is 9.28. The van der Waals surface area contributed by atoms with Gasteiger partial charge in [-0.3, -0.25) is 4.31 Å². The van der Waals surface area contributed by atoms with Gasteiger partial charge in [0.2, 0.25) is 0 Å². The number of anilines is 1. The van der Waals surface area contributed by atoms with Crippen molar-refractivity contribution < 1.29 is 4.74 Å². The maximum atomic E-state index is 6.21. The molecule has 2 N–H and O–H groups in total. The number of para-hydroxylation sites is 1. The zero-order chi connectivity index (χ0) is 18.5. The molecule has 0 atom stereocenters. The molecule has 0 saturated heterocycles. The van der Waals surface area contributed by atoms with E-state index < -0.39 is 0 Å². The maximum absolute atomic E-state index is 6.21. The molecule has 26 heavy (non-hydrogen) atoms. The molecule has 0 unspecified atom stereocenters. The number of fused-ring (bicyclic) bond motifs is 3. The van der Waals surface area contributed by atoms with Crippen LogP contribution in [0.15, 0.2) is 24.3 Å². The monoisotopic (exact) mass is 373 g/mol. The van der Waals surface area contributed by atoms with Crippen LogP contribution in [0.1, 0.15) is 25.6 Å². The Balaban J connectivity index is 1.96. The lowest BCUT2D eigenvalue weighted by molar-refractivity contribution is 0.126. The molecule has 2 heterocycles. The fraction of sp³-hybridized carbons (Fsp3) is 0.474. The van der Waals surface area contributed by atoms with Gasteiger partial charge in [-0.15, -0.1) is 0 Å². The summed E-state index contributed by atoms with van der Waals surface area (Å²) in [5.74, 6) is 2.52. The number of imidazole rings is 1. The average molecular weight is 374 g/mol. The molecule has 3 aromatic rings. The minimum absolute atomic E-state index is 0.485. The number of benzene rings is 1. The number of hydrogen-bond donors (Lipinski definition) is 1. The molecule has 1 aromatic carbocycles. The zero-order valence-electron chi connectivity index (χ0n) is 15.7. The second-order valence-corrected chi connectivity index (χ2v) is 7.78. The van der Waals surface area contributed by atoms with Crippen molar-refractivity contribution in [1.29, 1.82) is 0 Å². The van der Waals surface area contributed by atoms with Gasteiger partial charge in [0.1, 0.15) is 17.9 Å². The molecule has 0 saturated carbocycles. The number of rotatable bonds is 9. The Labute approximate surface area is 158 Å². The second-order valence-electron chi connectivity index (χ2n) is 6.38. The molecule has 0 amide bonds. The van der Waals surface area contributed by atoms with Crippen LogP contribution in [-0.4, -0.2) is 45.3 Å². The second kappa shape index (κ2) is 8.70. The van der Waals surface area contributed by atoms with Crippen molar-refractivity contribution in [2.45, 2.75) is 32.9 Å². The van der Waals surface area contributed by atoms with Gasteiger partial charge in [-0.05, 0) is 39.9 Å². The van der Waals surface area contributed by atoms with Crippen LogP contribution in [-0.2, 0) is 17.9 Å². The van der Waals surface area contributed by atoms with E-state index >= 15 is 0 Å². The molecular weight excluding hydrogens is 346 g/mol. The van der Waals surface area contributed by atoms with Crippen LogP contribution >= 0.6 is 11.9 Å². The van der Waals surface area contributed by atoms with Crippen LogP contribution in [0, 0.1) is 0 Å². The van der Waals surface area contributed by atoms with E-state index in [-0.39, 0.29) is 0 Å². The quantitative estimate of drug-likeness (QED) is 0.456. The van der Waals surface area contributed by atoms with Gasteiger partial charge in [0.25, 0.3) is 0 Å². The molecule has 6 nitrogen and oxygen atoms in total. The van der Waals surface area contributed by atoms with E-state index in [1.807, 2.05) is 37.1 Å². The van der Waals surface area contributed by atoms with Crippen LogP contribution in [0.3, 0.4) is 0 Å². The van der Waals surface area contributed by atoms with Crippen LogP contribution in [0.4, 0.5) is 5.82 Å².